The topological polar surface area (TPSA) is 34.1 Å². The first-order chi connectivity index (χ1) is 23.2. The third-order valence-electron chi connectivity index (χ3n) is 12.1. The maximum atomic E-state index is 15.3. The minimum absolute atomic E-state index is 0.0178. The van der Waals surface area contributed by atoms with Gasteiger partial charge in [0.05, 0.1) is 0 Å². The van der Waals surface area contributed by atoms with Gasteiger partial charge in [-0.25, -0.2) is 0 Å². The molecule has 0 saturated heterocycles. The average Bonchev–Trinajstić information content (AvgIpc) is 3.57. The zero-order valence-electron chi connectivity index (χ0n) is 27.5. The quantitative estimate of drug-likeness (QED) is 0.193. The van der Waals surface area contributed by atoms with Gasteiger partial charge >= 0.3 is 0 Å². The molecule has 6 aromatic rings. The molecule has 0 spiro atoms. The number of hydrogen-bond acceptors (Lipinski definition) is 2. The predicted molar refractivity (Wildman–Crippen MR) is 196 cm³/mol. The van der Waals surface area contributed by atoms with Crippen LogP contribution < -0.4 is 10.9 Å². The minimum atomic E-state index is -0.181. The maximum Gasteiger partial charge on any atom is 0.194 e. The van der Waals surface area contributed by atoms with Crippen LogP contribution in [-0.2, 0) is 10.8 Å². The standard InChI is InChI=1S/C46H34O2/c1-45(2)33-17-9-5-13-25(33)37(26-14-6-10-18-34(26)45)29-21-23-31-39-40-32(43(31)47)24-22-30(42(40)44(48)41(29)39)38-27-15-7-11-19-35(27)46(3,4)36-20-12-8-16-28(36)38/h5-24,37-38H,1-4H3. The average molecular weight is 619 g/mol. The van der Waals surface area contributed by atoms with Crippen molar-refractivity contribution in [1.82, 2.24) is 0 Å². The molecule has 2 heteroatoms. The number of benzene rings is 6. The third-order valence-corrected chi connectivity index (χ3v) is 12.1. The van der Waals surface area contributed by atoms with Crippen LogP contribution in [0.25, 0.3) is 32.7 Å². The van der Waals surface area contributed by atoms with Gasteiger partial charge in [-0.05, 0) is 55.6 Å². The first-order valence-electron chi connectivity index (χ1n) is 17.0. The van der Waals surface area contributed by atoms with Crippen molar-refractivity contribution in [3.63, 3.8) is 0 Å². The van der Waals surface area contributed by atoms with Gasteiger partial charge < -0.3 is 0 Å². The SMILES string of the molecule is CC1(C)c2ccccc2C(c2ccc3c4c2c(=O)c2c(C5c6ccccc6C(C)(C)c6ccccc65)ccc(c2-4)c3=O)c2ccccc21. The van der Waals surface area contributed by atoms with Crippen molar-refractivity contribution in [1.29, 1.82) is 0 Å². The van der Waals surface area contributed by atoms with E-state index in [1.807, 2.05) is 12.1 Å². The van der Waals surface area contributed by atoms with Gasteiger partial charge in [-0.1, -0.05) is 149 Å². The molecule has 0 aromatic heterocycles. The first kappa shape index (κ1) is 27.7. The summed E-state index contributed by atoms with van der Waals surface area (Å²) >= 11 is 0. The molecule has 0 saturated carbocycles. The molecule has 0 fully saturated rings. The van der Waals surface area contributed by atoms with Gasteiger partial charge in [0.2, 0.25) is 0 Å². The lowest BCUT2D eigenvalue weighted by Crippen LogP contribution is -2.30. The largest absolute Gasteiger partial charge is 0.289 e. The Hall–Kier alpha value is -5.34. The summed E-state index contributed by atoms with van der Waals surface area (Å²) in [5, 5.41) is 2.70. The Bertz CT molecular complexity index is 2400. The molecule has 48 heavy (non-hydrogen) atoms. The monoisotopic (exact) mass is 618 g/mol. The van der Waals surface area contributed by atoms with Gasteiger partial charge in [-0.2, -0.15) is 0 Å². The molecule has 0 amide bonds. The van der Waals surface area contributed by atoms with Crippen molar-refractivity contribution in [2.45, 2.75) is 50.4 Å². The summed E-state index contributed by atoms with van der Waals surface area (Å²) in [7, 11) is 0. The fourth-order valence-corrected chi connectivity index (χ4v) is 9.94. The summed E-state index contributed by atoms with van der Waals surface area (Å²) in [6.45, 7) is 9.17. The molecule has 0 unspecified atom stereocenters. The minimum Gasteiger partial charge on any atom is -0.289 e. The molecule has 6 aromatic carbocycles. The molecule has 0 atom stereocenters. The highest BCUT2D eigenvalue weighted by Crippen LogP contribution is 2.54. The Morgan fingerprint density at radius 3 is 1.02 bits per heavy atom. The van der Waals surface area contributed by atoms with Crippen molar-refractivity contribution in [3.05, 3.63) is 197 Å². The van der Waals surface area contributed by atoms with E-state index in [1.165, 1.54) is 44.5 Å². The second kappa shape index (κ2) is 9.17. The van der Waals surface area contributed by atoms with Crippen LogP contribution in [0.3, 0.4) is 0 Å². The molecule has 0 radical (unpaired) electrons. The van der Waals surface area contributed by atoms with E-state index in [-0.39, 0.29) is 33.5 Å². The summed E-state index contributed by atoms with van der Waals surface area (Å²) in [6.07, 6.45) is 0. The van der Waals surface area contributed by atoms with Crippen LogP contribution in [0.5, 0.6) is 0 Å². The molecule has 230 valence electrons. The van der Waals surface area contributed by atoms with E-state index >= 15 is 4.79 Å². The van der Waals surface area contributed by atoms with Gasteiger partial charge in [0.1, 0.15) is 0 Å². The summed E-state index contributed by atoms with van der Waals surface area (Å²) in [5.41, 5.74) is 13.4. The van der Waals surface area contributed by atoms with Crippen LogP contribution in [0.4, 0.5) is 0 Å². The number of hydrogen-bond donors (Lipinski definition) is 0. The van der Waals surface area contributed by atoms with Gasteiger partial charge in [-0.15, -0.1) is 0 Å². The zero-order valence-corrected chi connectivity index (χ0v) is 27.5. The van der Waals surface area contributed by atoms with E-state index in [9.17, 15) is 4.79 Å². The normalized spacial score (nSPS) is 16.7. The molecule has 4 aliphatic rings. The number of rotatable bonds is 2. The Morgan fingerprint density at radius 1 is 0.375 bits per heavy atom. The highest BCUT2D eigenvalue weighted by Gasteiger charge is 2.42. The molecule has 4 aliphatic carbocycles. The van der Waals surface area contributed by atoms with Gasteiger partial charge in [0, 0.05) is 55.3 Å². The van der Waals surface area contributed by atoms with E-state index in [1.54, 1.807) is 0 Å². The molecule has 0 heterocycles. The Kier molecular flexibility index (Phi) is 5.30. The first-order valence-corrected chi connectivity index (χ1v) is 17.0. The fraction of sp³-hybridized carbons (Fsp3) is 0.174. The lowest BCUT2D eigenvalue weighted by Gasteiger charge is -2.40. The fourth-order valence-electron chi connectivity index (χ4n) is 9.94. The molecule has 0 aliphatic heterocycles. The molecular formula is C46H34O2. The van der Waals surface area contributed by atoms with Crippen LogP contribution in [0, 0.1) is 0 Å². The Morgan fingerprint density at radius 2 is 0.688 bits per heavy atom. The predicted octanol–water partition coefficient (Wildman–Crippen LogP) is 9.77. The Labute approximate surface area is 279 Å². The lowest BCUT2D eigenvalue weighted by atomic mass is 9.63. The van der Waals surface area contributed by atoms with Crippen molar-refractivity contribution in [2.24, 2.45) is 0 Å². The van der Waals surface area contributed by atoms with E-state index in [0.717, 1.165) is 22.3 Å². The van der Waals surface area contributed by atoms with Gasteiger partial charge in [0.25, 0.3) is 0 Å². The summed E-state index contributed by atoms with van der Waals surface area (Å²) < 4.78 is 0. The smallest absolute Gasteiger partial charge is 0.194 e. The highest BCUT2D eigenvalue weighted by atomic mass is 16.1. The van der Waals surface area contributed by atoms with E-state index in [0.29, 0.717) is 21.5 Å². The lowest BCUT2D eigenvalue weighted by molar-refractivity contribution is 0.598. The van der Waals surface area contributed by atoms with E-state index < -0.39 is 0 Å². The maximum absolute atomic E-state index is 15.3. The van der Waals surface area contributed by atoms with Crippen molar-refractivity contribution >= 4 is 21.5 Å². The van der Waals surface area contributed by atoms with E-state index in [4.69, 9.17) is 0 Å². The van der Waals surface area contributed by atoms with Crippen molar-refractivity contribution in [2.75, 3.05) is 0 Å². The van der Waals surface area contributed by atoms with Crippen molar-refractivity contribution < 1.29 is 0 Å². The molecule has 10 rings (SSSR count). The molecule has 0 N–H and O–H groups in total. The Balaban J connectivity index is 1.32. The van der Waals surface area contributed by atoms with Gasteiger partial charge in [-0.3, -0.25) is 9.59 Å². The van der Waals surface area contributed by atoms with E-state index in [2.05, 4.69) is 137 Å². The molecule has 0 bridgehead atoms. The van der Waals surface area contributed by atoms with Crippen LogP contribution in [0.1, 0.15) is 95.2 Å². The van der Waals surface area contributed by atoms with Crippen molar-refractivity contribution in [3.8, 4) is 11.1 Å². The third kappa shape index (κ3) is 3.23. The second-order valence-corrected chi connectivity index (χ2v) is 15.0. The summed E-state index contributed by atoms with van der Waals surface area (Å²) in [5.74, 6) is -0.243. The molecular weight excluding hydrogens is 585 g/mol. The summed E-state index contributed by atoms with van der Waals surface area (Å²) in [4.78, 5) is 29.3. The zero-order chi connectivity index (χ0) is 32.7. The van der Waals surface area contributed by atoms with Crippen LogP contribution in [0.2, 0.25) is 0 Å². The van der Waals surface area contributed by atoms with Crippen LogP contribution >= 0.6 is 0 Å². The molecule has 2 nitrogen and oxygen atoms in total. The second-order valence-electron chi connectivity index (χ2n) is 15.0. The summed E-state index contributed by atoms with van der Waals surface area (Å²) in [6, 6.07) is 42.9. The van der Waals surface area contributed by atoms with Crippen LogP contribution in [0.15, 0.2) is 131 Å². The van der Waals surface area contributed by atoms with Gasteiger partial charge in [0.15, 0.2) is 10.9 Å². The number of fused-ring (bicyclic) bond motifs is 4. The highest BCUT2D eigenvalue weighted by molar-refractivity contribution is 6.19. The van der Waals surface area contributed by atoms with Crippen LogP contribution in [-0.4, -0.2) is 0 Å².